The number of nitrogens with zero attached hydrogens (tertiary/aromatic N) is 2. The Kier molecular flexibility index (Phi) is 11.1. The fourth-order valence-corrected chi connectivity index (χ4v) is 0.949. The average molecular weight is 321 g/mol. The number of hydrogen-bond acceptors (Lipinski definition) is 3. The summed E-state index contributed by atoms with van der Waals surface area (Å²) >= 11 is 0. The molecule has 0 N–H and O–H groups in total. The Morgan fingerprint density at radius 1 is 0.727 bits per heavy atom. The molecule has 0 unspecified atom stereocenters. The van der Waals surface area contributed by atoms with Crippen molar-refractivity contribution in [2.24, 2.45) is 0 Å². The summed E-state index contributed by atoms with van der Waals surface area (Å²) in [6.45, 7) is 20.5. The molecule has 0 aliphatic heterocycles. The largest absolute Gasteiger partial charge is 0.652 e. The van der Waals surface area contributed by atoms with Crippen LogP contribution in [0.5, 0.6) is 0 Å². The molecule has 0 radical (unpaired) electrons. The molecular weight excluding hydrogens is 280 g/mol. The normalized spacial score (nSPS) is 12.5. The summed E-state index contributed by atoms with van der Waals surface area (Å²) in [5, 5.41) is 16.7. The van der Waals surface area contributed by atoms with Crippen molar-refractivity contribution < 1.29 is 24.0 Å². The molecule has 0 aromatic heterocycles. The fourth-order valence-electron chi connectivity index (χ4n) is 0.949. The van der Waals surface area contributed by atoms with Gasteiger partial charge in [-0.1, -0.05) is 0 Å². The van der Waals surface area contributed by atoms with Crippen LogP contribution in [0, 0.1) is 0 Å². The molecular formula is C17H40N2O3. The molecule has 136 valence electrons. The van der Waals surface area contributed by atoms with E-state index in [0.717, 1.165) is 8.97 Å². The molecule has 22 heavy (non-hydrogen) atoms. The highest BCUT2D eigenvalue weighted by molar-refractivity contribution is 5.47. The van der Waals surface area contributed by atoms with Crippen LogP contribution in [0.1, 0.15) is 55.4 Å². The zero-order valence-electron chi connectivity index (χ0n) is 17.0. The van der Waals surface area contributed by atoms with Crippen molar-refractivity contribution in [2.75, 3.05) is 41.3 Å². The van der Waals surface area contributed by atoms with Gasteiger partial charge >= 0.3 is 0 Å². The summed E-state index contributed by atoms with van der Waals surface area (Å²) in [4.78, 5) is 8.33. The van der Waals surface area contributed by atoms with Gasteiger partial charge in [0.1, 0.15) is 0 Å². The zero-order valence-corrected chi connectivity index (χ0v) is 17.0. The molecule has 0 rings (SSSR count). The third-order valence-electron chi connectivity index (χ3n) is 5.21. The molecule has 0 aromatic rings. The van der Waals surface area contributed by atoms with Crippen molar-refractivity contribution >= 4 is 6.16 Å². The average Bonchev–Trinajstić information content (AvgIpc) is 2.26. The first-order chi connectivity index (χ1) is 9.35. The number of hydrogen-bond donors (Lipinski definition) is 0. The highest BCUT2D eigenvalue weighted by Crippen LogP contribution is 2.18. The maximum Gasteiger partial charge on any atom is 0.0903 e. The highest BCUT2D eigenvalue weighted by atomic mass is 16.6. The minimum atomic E-state index is -2.33. The number of rotatable bonds is 2. The molecule has 5 nitrogen and oxygen atoms in total. The summed E-state index contributed by atoms with van der Waals surface area (Å²) in [5.74, 6) is 0. The molecule has 0 bridgehead atoms. The van der Waals surface area contributed by atoms with Gasteiger partial charge in [-0.2, -0.15) is 0 Å². The Morgan fingerprint density at radius 3 is 0.864 bits per heavy atom. The molecule has 5 heteroatoms. The summed E-state index contributed by atoms with van der Waals surface area (Å²) in [6.07, 6.45) is -2.33. The van der Waals surface area contributed by atoms with E-state index in [-0.39, 0.29) is 0 Å². The summed E-state index contributed by atoms with van der Waals surface area (Å²) < 4.78 is 2.18. The van der Waals surface area contributed by atoms with Crippen molar-refractivity contribution in [2.45, 2.75) is 66.5 Å². The Labute approximate surface area is 138 Å². The van der Waals surface area contributed by atoms with E-state index >= 15 is 0 Å². The summed E-state index contributed by atoms with van der Waals surface area (Å²) in [7, 11) is 9.06. The fraction of sp³-hybridized carbons (Fsp3) is 0.941. The van der Waals surface area contributed by atoms with Crippen molar-refractivity contribution in [3.05, 3.63) is 0 Å². The van der Waals surface area contributed by atoms with Crippen LogP contribution >= 0.6 is 0 Å². The third-order valence-corrected chi connectivity index (χ3v) is 5.21. The van der Waals surface area contributed by atoms with Gasteiger partial charge in [0.25, 0.3) is 0 Å². The molecule has 0 aliphatic carbocycles. The van der Waals surface area contributed by atoms with E-state index in [0.29, 0.717) is 11.1 Å². The minimum Gasteiger partial charge on any atom is -0.652 e. The van der Waals surface area contributed by atoms with Crippen molar-refractivity contribution in [3.8, 4) is 0 Å². The van der Waals surface area contributed by atoms with Gasteiger partial charge in [0, 0.05) is 0 Å². The third kappa shape index (κ3) is 11.8. The van der Waals surface area contributed by atoms with Gasteiger partial charge in [0.2, 0.25) is 0 Å². The Morgan fingerprint density at radius 2 is 0.864 bits per heavy atom. The van der Waals surface area contributed by atoms with Gasteiger partial charge in [-0.15, -0.1) is 0 Å². The molecule has 0 saturated carbocycles. The summed E-state index contributed by atoms with van der Waals surface area (Å²) in [6, 6.07) is 0. The van der Waals surface area contributed by atoms with Gasteiger partial charge in [-0.3, -0.25) is 0 Å². The standard InChI is InChI=1S/2C8H20N.CH2O3/c2*1-7-9(5,6)8(2,3)4;2-1(3)4/h2*7H2,1-6H3;(H2,2,3,4)/q2*+1;/p-2. The van der Waals surface area contributed by atoms with Crippen molar-refractivity contribution in [1.29, 1.82) is 0 Å². The number of carboxylic acid groups (broad SMARTS) is 2. The van der Waals surface area contributed by atoms with Crippen LogP contribution in [0.3, 0.4) is 0 Å². The van der Waals surface area contributed by atoms with E-state index in [1.807, 2.05) is 0 Å². The molecule has 0 aliphatic rings. The van der Waals surface area contributed by atoms with E-state index in [9.17, 15) is 0 Å². The quantitative estimate of drug-likeness (QED) is 0.721. The van der Waals surface area contributed by atoms with Gasteiger partial charge in [0.05, 0.1) is 52.4 Å². The topological polar surface area (TPSA) is 63.2 Å². The second-order valence-corrected chi connectivity index (χ2v) is 8.59. The van der Waals surface area contributed by atoms with Crippen molar-refractivity contribution in [3.63, 3.8) is 0 Å². The lowest BCUT2D eigenvalue weighted by Gasteiger charge is -2.41. The smallest absolute Gasteiger partial charge is 0.0903 e. The molecule has 0 heterocycles. The first kappa shape index (κ1) is 26.1. The van der Waals surface area contributed by atoms with Crippen molar-refractivity contribution in [1.82, 2.24) is 0 Å². The molecule has 0 saturated heterocycles. The molecule has 0 amide bonds. The number of carbonyl (C=O) groups excluding carboxylic acids is 1. The van der Waals surface area contributed by atoms with Crippen LogP contribution in [0.25, 0.3) is 0 Å². The van der Waals surface area contributed by atoms with Gasteiger partial charge in [-0.05, 0) is 61.5 Å². The second kappa shape index (κ2) is 9.36. The number of quaternary nitrogens is 2. The maximum absolute atomic E-state index is 8.33. The van der Waals surface area contributed by atoms with Crippen LogP contribution < -0.4 is 10.2 Å². The lowest BCUT2D eigenvalue weighted by Crippen LogP contribution is -2.53. The predicted octanol–water partition coefficient (Wildman–Crippen LogP) is 1.32. The van der Waals surface area contributed by atoms with E-state index in [2.05, 4.69) is 83.6 Å². The van der Waals surface area contributed by atoms with E-state index in [4.69, 9.17) is 15.0 Å². The predicted molar refractivity (Wildman–Crippen MR) is 90.2 cm³/mol. The second-order valence-electron chi connectivity index (χ2n) is 8.59. The molecule has 0 atom stereocenters. The van der Waals surface area contributed by atoms with E-state index in [1.165, 1.54) is 13.1 Å². The number of carbonyl (C=O) groups is 1. The lowest BCUT2D eigenvalue weighted by molar-refractivity contribution is -0.934. The molecule has 0 spiro atoms. The van der Waals surface area contributed by atoms with Crippen LogP contribution in [0.4, 0.5) is 4.79 Å². The van der Waals surface area contributed by atoms with Gasteiger partial charge in [-0.25, -0.2) is 0 Å². The van der Waals surface area contributed by atoms with E-state index in [1.54, 1.807) is 0 Å². The summed E-state index contributed by atoms with van der Waals surface area (Å²) in [5.41, 5.74) is 0.767. The Balaban J connectivity index is -0.000000266. The first-order valence-corrected chi connectivity index (χ1v) is 7.90. The monoisotopic (exact) mass is 320 g/mol. The lowest BCUT2D eigenvalue weighted by atomic mass is 10.0. The highest BCUT2D eigenvalue weighted by Gasteiger charge is 2.29. The van der Waals surface area contributed by atoms with Gasteiger partial charge in [0.15, 0.2) is 0 Å². The van der Waals surface area contributed by atoms with Crippen LogP contribution in [-0.4, -0.2) is 67.5 Å². The van der Waals surface area contributed by atoms with E-state index < -0.39 is 6.16 Å². The maximum atomic E-state index is 8.33. The van der Waals surface area contributed by atoms with Crippen LogP contribution in [0.2, 0.25) is 0 Å². The zero-order chi connectivity index (χ0) is 19.0. The SMILES string of the molecule is CC[N+](C)(C)C(C)(C)C.CC[N+](C)(C)C(C)(C)C.O=C([O-])[O-]. The van der Waals surface area contributed by atoms with Crippen LogP contribution in [0.15, 0.2) is 0 Å². The Bertz CT molecular complexity index is 281. The minimum absolute atomic E-state index is 0.384. The first-order valence-electron chi connectivity index (χ1n) is 7.90. The molecule has 0 aromatic carbocycles. The van der Waals surface area contributed by atoms with Gasteiger partial charge < -0.3 is 24.0 Å². The molecule has 0 fully saturated rings. The Hall–Kier alpha value is -0.810. The van der Waals surface area contributed by atoms with Crippen LogP contribution in [-0.2, 0) is 0 Å².